The first-order valence-electron chi connectivity index (χ1n) is 6.75. The Balaban J connectivity index is 1.92. The molecule has 0 bridgehead atoms. The van der Waals surface area contributed by atoms with E-state index in [1.165, 1.54) is 0 Å². The van der Waals surface area contributed by atoms with Crippen molar-refractivity contribution in [3.63, 3.8) is 0 Å². The Labute approximate surface area is 104 Å². The van der Waals surface area contributed by atoms with Crippen molar-refractivity contribution in [2.45, 2.75) is 51.6 Å². The number of amides is 1. The van der Waals surface area contributed by atoms with Crippen molar-refractivity contribution < 1.29 is 14.6 Å². The van der Waals surface area contributed by atoms with Gasteiger partial charge in [0.2, 0.25) is 5.91 Å². The normalized spacial score (nSPS) is 23.2. The number of ether oxygens (including phenoxy) is 1. The number of rotatable bonds is 9. The van der Waals surface area contributed by atoms with E-state index in [0.29, 0.717) is 18.4 Å². The van der Waals surface area contributed by atoms with Crippen molar-refractivity contribution in [2.24, 2.45) is 5.92 Å². The van der Waals surface area contributed by atoms with Crippen molar-refractivity contribution in [1.82, 2.24) is 5.32 Å². The number of hydrogen-bond acceptors (Lipinski definition) is 3. The van der Waals surface area contributed by atoms with Crippen LogP contribution in [0.15, 0.2) is 0 Å². The van der Waals surface area contributed by atoms with Gasteiger partial charge in [0, 0.05) is 26.2 Å². The number of aliphatic hydroxyl groups excluding tert-OH is 1. The van der Waals surface area contributed by atoms with Crippen LogP contribution >= 0.6 is 0 Å². The van der Waals surface area contributed by atoms with Gasteiger partial charge < -0.3 is 15.2 Å². The molecule has 1 aliphatic carbocycles. The van der Waals surface area contributed by atoms with Crippen molar-refractivity contribution in [1.29, 1.82) is 0 Å². The molecule has 0 aromatic heterocycles. The van der Waals surface area contributed by atoms with E-state index in [2.05, 4.69) is 5.32 Å². The molecule has 1 saturated carbocycles. The highest BCUT2D eigenvalue weighted by molar-refractivity contribution is 5.76. The van der Waals surface area contributed by atoms with E-state index in [1.54, 1.807) is 0 Å². The number of carbonyl (C=O) groups is 1. The molecule has 0 atom stereocenters. The third-order valence-corrected chi connectivity index (χ3v) is 3.23. The predicted octanol–water partition coefficient (Wildman–Crippen LogP) is 1.47. The number of hydrogen-bond donors (Lipinski definition) is 2. The Morgan fingerprint density at radius 2 is 2.12 bits per heavy atom. The van der Waals surface area contributed by atoms with E-state index >= 15 is 0 Å². The van der Waals surface area contributed by atoms with Crippen LogP contribution in [-0.2, 0) is 9.53 Å². The van der Waals surface area contributed by atoms with E-state index in [0.717, 1.165) is 45.3 Å². The molecule has 0 radical (unpaired) electrons. The second kappa shape index (κ2) is 8.48. The number of nitrogens with one attached hydrogen (secondary N) is 1. The minimum Gasteiger partial charge on any atom is -0.396 e. The Morgan fingerprint density at radius 1 is 1.35 bits per heavy atom. The molecule has 0 spiro atoms. The summed E-state index contributed by atoms with van der Waals surface area (Å²) >= 11 is 0. The molecule has 1 amide bonds. The molecule has 1 fully saturated rings. The lowest BCUT2D eigenvalue weighted by molar-refractivity contribution is -0.124. The van der Waals surface area contributed by atoms with Gasteiger partial charge in [-0.1, -0.05) is 0 Å². The van der Waals surface area contributed by atoms with Crippen molar-refractivity contribution in [3.8, 4) is 0 Å². The van der Waals surface area contributed by atoms with Gasteiger partial charge in [0.05, 0.1) is 6.10 Å². The summed E-state index contributed by atoms with van der Waals surface area (Å²) in [5.41, 5.74) is 0. The molecule has 0 unspecified atom stereocenters. The fourth-order valence-corrected chi connectivity index (χ4v) is 2.19. The maximum absolute atomic E-state index is 11.5. The third kappa shape index (κ3) is 6.03. The summed E-state index contributed by atoms with van der Waals surface area (Å²) in [6.07, 6.45) is 5.86. The zero-order valence-corrected chi connectivity index (χ0v) is 10.8. The third-order valence-electron chi connectivity index (χ3n) is 3.23. The molecule has 0 aromatic rings. The number of aliphatic hydroxyl groups is 1. The van der Waals surface area contributed by atoms with Crippen LogP contribution in [0, 0.1) is 5.92 Å². The maximum Gasteiger partial charge on any atom is 0.220 e. The summed E-state index contributed by atoms with van der Waals surface area (Å²) in [7, 11) is 0. The summed E-state index contributed by atoms with van der Waals surface area (Å²) < 4.78 is 5.46. The molecule has 0 saturated heterocycles. The summed E-state index contributed by atoms with van der Waals surface area (Å²) in [4.78, 5) is 11.5. The minimum absolute atomic E-state index is 0.161. The Morgan fingerprint density at radius 3 is 2.76 bits per heavy atom. The fraction of sp³-hybridized carbons (Fsp3) is 0.923. The molecule has 1 rings (SSSR count). The van der Waals surface area contributed by atoms with Crippen LogP contribution in [0.2, 0.25) is 0 Å². The Kier molecular flexibility index (Phi) is 7.21. The van der Waals surface area contributed by atoms with Gasteiger partial charge in [-0.2, -0.15) is 0 Å². The average Bonchev–Trinajstić information content (AvgIpc) is 2.26. The smallest absolute Gasteiger partial charge is 0.220 e. The minimum atomic E-state index is 0.161. The van der Waals surface area contributed by atoms with Gasteiger partial charge in [0.15, 0.2) is 0 Å². The first-order chi connectivity index (χ1) is 8.26. The fourth-order valence-electron chi connectivity index (χ4n) is 2.19. The molecule has 4 nitrogen and oxygen atoms in total. The maximum atomic E-state index is 11.5. The molecule has 2 N–H and O–H groups in total. The molecule has 100 valence electrons. The van der Waals surface area contributed by atoms with Gasteiger partial charge in [-0.05, 0) is 44.9 Å². The summed E-state index contributed by atoms with van der Waals surface area (Å²) in [6.45, 7) is 3.76. The van der Waals surface area contributed by atoms with Gasteiger partial charge in [0.1, 0.15) is 0 Å². The summed E-state index contributed by atoms with van der Waals surface area (Å²) in [6, 6.07) is 0. The van der Waals surface area contributed by atoms with Crippen molar-refractivity contribution in [3.05, 3.63) is 0 Å². The van der Waals surface area contributed by atoms with Crippen LogP contribution in [-0.4, -0.2) is 36.9 Å². The second-order valence-corrected chi connectivity index (χ2v) is 4.75. The van der Waals surface area contributed by atoms with Crippen molar-refractivity contribution >= 4 is 5.91 Å². The molecular weight excluding hydrogens is 218 g/mol. The van der Waals surface area contributed by atoms with Gasteiger partial charge in [-0.3, -0.25) is 4.79 Å². The summed E-state index contributed by atoms with van der Waals surface area (Å²) in [5.74, 6) is 0.679. The standard InChI is InChI=1S/C13H25NO3/c1-2-17-12-8-11(9-12)10-13(16)14-6-4-3-5-7-15/h11-12,15H,2-10H2,1H3,(H,14,16). The molecule has 0 aliphatic heterocycles. The van der Waals surface area contributed by atoms with Crippen LogP contribution in [0.3, 0.4) is 0 Å². The van der Waals surface area contributed by atoms with Crippen LogP contribution < -0.4 is 5.32 Å². The molecule has 0 heterocycles. The highest BCUT2D eigenvalue weighted by Gasteiger charge is 2.30. The van der Waals surface area contributed by atoms with Gasteiger partial charge in [-0.15, -0.1) is 0 Å². The largest absolute Gasteiger partial charge is 0.396 e. The zero-order chi connectivity index (χ0) is 12.5. The average molecular weight is 243 g/mol. The van der Waals surface area contributed by atoms with E-state index in [-0.39, 0.29) is 12.5 Å². The monoisotopic (exact) mass is 243 g/mol. The molecule has 17 heavy (non-hydrogen) atoms. The van der Waals surface area contributed by atoms with Crippen LogP contribution in [0.4, 0.5) is 0 Å². The zero-order valence-electron chi connectivity index (χ0n) is 10.8. The van der Waals surface area contributed by atoms with E-state index in [4.69, 9.17) is 9.84 Å². The van der Waals surface area contributed by atoms with Crippen LogP contribution in [0.1, 0.15) is 45.4 Å². The van der Waals surface area contributed by atoms with Gasteiger partial charge in [0.25, 0.3) is 0 Å². The Bertz CT molecular complexity index is 215. The Hall–Kier alpha value is -0.610. The highest BCUT2D eigenvalue weighted by Crippen LogP contribution is 2.32. The van der Waals surface area contributed by atoms with Crippen LogP contribution in [0.5, 0.6) is 0 Å². The van der Waals surface area contributed by atoms with Crippen molar-refractivity contribution in [2.75, 3.05) is 19.8 Å². The van der Waals surface area contributed by atoms with E-state index in [1.807, 2.05) is 6.92 Å². The van der Waals surface area contributed by atoms with E-state index < -0.39 is 0 Å². The van der Waals surface area contributed by atoms with Gasteiger partial charge in [-0.25, -0.2) is 0 Å². The summed E-state index contributed by atoms with van der Waals surface area (Å²) in [5, 5.41) is 11.5. The topological polar surface area (TPSA) is 58.6 Å². The number of unbranched alkanes of at least 4 members (excludes halogenated alkanes) is 2. The highest BCUT2D eigenvalue weighted by atomic mass is 16.5. The van der Waals surface area contributed by atoms with Gasteiger partial charge >= 0.3 is 0 Å². The molecule has 1 aliphatic rings. The molecule has 0 aromatic carbocycles. The van der Waals surface area contributed by atoms with E-state index in [9.17, 15) is 4.79 Å². The molecular formula is C13H25NO3. The first kappa shape index (κ1) is 14.5. The molecule has 4 heteroatoms. The predicted molar refractivity (Wildman–Crippen MR) is 66.7 cm³/mol. The SMILES string of the molecule is CCOC1CC(CC(=O)NCCCCCO)C1. The lowest BCUT2D eigenvalue weighted by Crippen LogP contribution is -2.36. The number of carbonyl (C=O) groups excluding carboxylic acids is 1. The second-order valence-electron chi connectivity index (χ2n) is 4.75. The quantitative estimate of drug-likeness (QED) is 0.603. The first-order valence-corrected chi connectivity index (χ1v) is 6.75. The van der Waals surface area contributed by atoms with Crippen LogP contribution in [0.25, 0.3) is 0 Å². The lowest BCUT2D eigenvalue weighted by atomic mass is 9.80. The lowest BCUT2D eigenvalue weighted by Gasteiger charge is -2.34.